The Morgan fingerprint density at radius 3 is 2.95 bits per heavy atom. The lowest BCUT2D eigenvalue weighted by molar-refractivity contribution is -0.126. The first-order valence-electron chi connectivity index (χ1n) is 7.18. The van der Waals surface area contributed by atoms with Gasteiger partial charge in [-0.05, 0) is 23.9 Å². The molecule has 0 radical (unpaired) electrons. The number of nitrogens with zero attached hydrogens (tertiary/aromatic N) is 1. The second kappa shape index (κ2) is 8.44. The molecule has 0 aliphatic rings. The van der Waals surface area contributed by atoms with E-state index in [2.05, 4.69) is 34.3 Å². The average Bonchev–Trinajstić information content (AvgIpc) is 2.91. The fourth-order valence-corrected chi connectivity index (χ4v) is 2.17. The van der Waals surface area contributed by atoms with Crippen molar-refractivity contribution in [3.8, 4) is 0 Å². The van der Waals surface area contributed by atoms with Gasteiger partial charge in [0, 0.05) is 31.9 Å². The number of ether oxygens (including phenoxy) is 2. The lowest BCUT2D eigenvalue weighted by Gasteiger charge is -2.08. The van der Waals surface area contributed by atoms with Crippen LogP contribution in [0.1, 0.15) is 6.42 Å². The number of hydrogen-bond acceptors (Lipinski definition) is 3. The molecule has 0 bridgehead atoms. The van der Waals surface area contributed by atoms with E-state index in [1.807, 2.05) is 12.1 Å². The van der Waals surface area contributed by atoms with Crippen molar-refractivity contribution in [3.05, 3.63) is 36.5 Å². The van der Waals surface area contributed by atoms with Gasteiger partial charge in [-0.2, -0.15) is 0 Å². The van der Waals surface area contributed by atoms with Crippen molar-refractivity contribution in [1.82, 2.24) is 9.88 Å². The fourth-order valence-electron chi connectivity index (χ4n) is 2.17. The summed E-state index contributed by atoms with van der Waals surface area (Å²) in [7, 11) is 1.61. The number of nitrogens with one attached hydrogen (secondary N) is 1. The highest BCUT2D eigenvalue weighted by atomic mass is 16.5. The van der Waals surface area contributed by atoms with Crippen LogP contribution >= 0.6 is 0 Å². The Morgan fingerprint density at radius 1 is 1.24 bits per heavy atom. The normalized spacial score (nSPS) is 10.9. The molecule has 2 aromatic rings. The molecule has 2 rings (SSSR count). The third-order valence-electron chi connectivity index (χ3n) is 3.24. The molecule has 0 aliphatic heterocycles. The van der Waals surface area contributed by atoms with E-state index < -0.39 is 0 Å². The van der Waals surface area contributed by atoms with Crippen molar-refractivity contribution >= 4 is 16.8 Å². The zero-order chi connectivity index (χ0) is 14.9. The van der Waals surface area contributed by atoms with Crippen LogP contribution in [0.15, 0.2) is 36.5 Å². The summed E-state index contributed by atoms with van der Waals surface area (Å²) in [6, 6.07) is 10.4. The first kappa shape index (κ1) is 15.5. The molecule has 1 N–H and O–H groups in total. The van der Waals surface area contributed by atoms with Crippen LogP contribution in [0.5, 0.6) is 0 Å². The molecule has 0 aliphatic carbocycles. The number of fused-ring (bicyclic) bond motifs is 1. The van der Waals surface area contributed by atoms with Crippen molar-refractivity contribution in [2.24, 2.45) is 0 Å². The maximum atomic E-state index is 11.5. The Morgan fingerprint density at radius 2 is 2.10 bits per heavy atom. The van der Waals surface area contributed by atoms with Gasteiger partial charge in [-0.25, -0.2) is 0 Å². The number of methoxy groups -OCH3 is 1. The molecule has 0 fully saturated rings. The molecule has 0 spiro atoms. The van der Waals surface area contributed by atoms with E-state index in [9.17, 15) is 4.79 Å². The van der Waals surface area contributed by atoms with Crippen LogP contribution < -0.4 is 5.32 Å². The monoisotopic (exact) mass is 290 g/mol. The Labute approximate surface area is 124 Å². The van der Waals surface area contributed by atoms with Gasteiger partial charge in [0.2, 0.25) is 5.91 Å². The minimum Gasteiger partial charge on any atom is -0.382 e. The molecule has 0 unspecified atom stereocenters. The molecule has 1 heterocycles. The Kier molecular flexibility index (Phi) is 6.24. The van der Waals surface area contributed by atoms with Crippen LogP contribution in [0.2, 0.25) is 0 Å². The number of rotatable bonds is 9. The summed E-state index contributed by atoms with van der Waals surface area (Å²) in [6.45, 7) is 2.58. The van der Waals surface area contributed by atoms with Gasteiger partial charge in [-0.1, -0.05) is 18.2 Å². The first-order chi connectivity index (χ1) is 10.3. The summed E-state index contributed by atoms with van der Waals surface area (Å²) < 4.78 is 12.2. The molecular weight excluding hydrogens is 268 g/mol. The average molecular weight is 290 g/mol. The number of benzene rings is 1. The highest BCUT2D eigenvalue weighted by molar-refractivity contribution is 5.79. The highest BCUT2D eigenvalue weighted by Crippen LogP contribution is 2.15. The maximum Gasteiger partial charge on any atom is 0.246 e. The summed E-state index contributed by atoms with van der Waals surface area (Å²) in [5.41, 5.74) is 1.23. The van der Waals surface area contributed by atoms with Gasteiger partial charge < -0.3 is 19.4 Å². The Balaban J connectivity index is 1.64. The minimum atomic E-state index is -0.0801. The van der Waals surface area contributed by atoms with Crippen LogP contribution in [0.3, 0.4) is 0 Å². The third kappa shape index (κ3) is 4.88. The molecule has 0 saturated carbocycles. The van der Waals surface area contributed by atoms with Crippen molar-refractivity contribution in [1.29, 1.82) is 0 Å². The van der Waals surface area contributed by atoms with E-state index >= 15 is 0 Å². The number of amides is 1. The molecule has 5 nitrogen and oxygen atoms in total. The highest BCUT2D eigenvalue weighted by Gasteiger charge is 2.02. The second-order valence-electron chi connectivity index (χ2n) is 4.82. The molecule has 1 aromatic carbocycles. The quantitative estimate of drug-likeness (QED) is 0.717. The van der Waals surface area contributed by atoms with Gasteiger partial charge in [0.05, 0.1) is 13.2 Å². The summed E-state index contributed by atoms with van der Waals surface area (Å²) in [5, 5.41) is 4.10. The van der Waals surface area contributed by atoms with E-state index in [0.717, 1.165) is 13.0 Å². The summed E-state index contributed by atoms with van der Waals surface area (Å²) in [5.74, 6) is -0.0801. The molecule has 0 saturated heterocycles. The Bertz CT molecular complexity index is 565. The number of para-hydroxylation sites is 1. The van der Waals surface area contributed by atoms with E-state index in [1.165, 1.54) is 10.9 Å². The zero-order valence-corrected chi connectivity index (χ0v) is 12.4. The van der Waals surface area contributed by atoms with Gasteiger partial charge in [0.1, 0.15) is 6.61 Å². The van der Waals surface area contributed by atoms with Crippen molar-refractivity contribution in [2.45, 2.75) is 13.0 Å². The van der Waals surface area contributed by atoms with Crippen LogP contribution in [-0.2, 0) is 20.8 Å². The molecule has 114 valence electrons. The number of carbonyl (C=O) groups is 1. The third-order valence-corrected chi connectivity index (χ3v) is 3.24. The summed E-state index contributed by atoms with van der Waals surface area (Å²) >= 11 is 0. The second-order valence-corrected chi connectivity index (χ2v) is 4.82. The van der Waals surface area contributed by atoms with Crippen molar-refractivity contribution in [3.63, 3.8) is 0 Å². The van der Waals surface area contributed by atoms with Gasteiger partial charge in [-0.15, -0.1) is 0 Å². The SMILES string of the molecule is COCCOCC(=O)NCCCn1ccc2ccccc21. The van der Waals surface area contributed by atoms with Crippen LogP contribution in [0.25, 0.3) is 10.9 Å². The van der Waals surface area contributed by atoms with Gasteiger partial charge in [0.15, 0.2) is 0 Å². The lowest BCUT2D eigenvalue weighted by Crippen LogP contribution is -2.29. The zero-order valence-electron chi connectivity index (χ0n) is 12.4. The maximum absolute atomic E-state index is 11.5. The number of aromatic nitrogens is 1. The van der Waals surface area contributed by atoms with Gasteiger partial charge >= 0.3 is 0 Å². The largest absolute Gasteiger partial charge is 0.382 e. The smallest absolute Gasteiger partial charge is 0.246 e. The number of carbonyl (C=O) groups excluding carboxylic acids is 1. The molecule has 1 amide bonds. The number of hydrogen-bond donors (Lipinski definition) is 1. The van der Waals surface area contributed by atoms with Crippen LogP contribution in [-0.4, -0.2) is 43.9 Å². The number of aryl methyl sites for hydroxylation is 1. The van der Waals surface area contributed by atoms with E-state index in [-0.39, 0.29) is 12.5 Å². The predicted molar refractivity (Wildman–Crippen MR) is 82.3 cm³/mol. The van der Waals surface area contributed by atoms with Crippen LogP contribution in [0.4, 0.5) is 0 Å². The summed E-state index contributed by atoms with van der Waals surface area (Å²) in [6.07, 6.45) is 2.98. The standard InChI is InChI=1S/C16H22N2O3/c1-20-11-12-21-13-16(19)17-8-4-9-18-10-7-14-5-2-3-6-15(14)18/h2-3,5-7,10H,4,8-9,11-13H2,1H3,(H,17,19). The van der Waals surface area contributed by atoms with E-state index in [1.54, 1.807) is 7.11 Å². The van der Waals surface area contributed by atoms with Crippen LogP contribution in [0, 0.1) is 0 Å². The molecular formula is C16H22N2O3. The topological polar surface area (TPSA) is 52.5 Å². The minimum absolute atomic E-state index is 0.0801. The Hall–Kier alpha value is -1.85. The fraction of sp³-hybridized carbons (Fsp3) is 0.438. The van der Waals surface area contributed by atoms with E-state index in [4.69, 9.17) is 9.47 Å². The molecule has 1 aromatic heterocycles. The molecule has 21 heavy (non-hydrogen) atoms. The van der Waals surface area contributed by atoms with Gasteiger partial charge in [0.25, 0.3) is 0 Å². The van der Waals surface area contributed by atoms with Crippen molar-refractivity contribution < 1.29 is 14.3 Å². The van der Waals surface area contributed by atoms with Crippen molar-refractivity contribution in [2.75, 3.05) is 33.5 Å². The molecule has 5 heteroatoms. The molecule has 0 atom stereocenters. The summed E-state index contributed by atoms with van der Waals surface area (Å²) in [4.78, 5) is 11.5. The first-order valence-corrected chi connectivity index (χ1v) is 7.18. The van der Waals surface area contributed by atoms with Gasteiger partial charge in [-0.3, -0.25) is 4.79 Å². The lowest BCUT2D eigenvalue weighted by atomic mass is 10.2. The van der Waals surface area contributed by atoms with E-state index in [0.29, 0.717) is 19.8 Å². The predicted octanol–water partition coefficient (Wildman–Crippen LogP) is 1.81.